The standard InChI is InChI=1S/C18H26N2O5/c1-22-14-5-4-13(16-17(14)25-9-3-8-24-16)18(21)20-10-12-6-7-19-11-15(12)23-2/h4-5,12,15,19H,3,6-11H2,1-2H3,(H,20,21)/t12-,15?/m0/s1. The van der Waals surface area contributed by atoms with E-state index in [-0.39, 0.29) is 12.0 Å². The number of nitrogens with one attached hydrogen (secondary N) is 2. The zero-order valence-corrected chi connectivity index (χ0v) is 14.8. The molecule has 0 saturated carbocycles. The molecule has 0 spiro atoms. The summed E-state index contributed by atoms with van der Waals surface area (Å²) < 4.78 is 22.3. The fourth-order valence-corrected chi connectivity index (χ4v) is 3.28. The van der Waals surface area contributed by atoms with Crippen LogP contribution in [0.4, 0.5) is 0 Å². The maximum absolute atomic E-state index is 12.7. The van der Waals surface area contributed by atoms with Gasteiger partial charge in [-0.05, 0) is 25.1 Å². The largest absolute Gasteiger partial charge is 0.493 e. The number of carbonyl (C=O) groups is 1. The van der Waals surface area contributed by atoms with Crippen molar-refractivity contribution in [2.75, 3.05) is 47.1 Å². The molecule has 1 aromatic carbocycles. The van der Waals surface area contributed by atoms with E-state index in [9.17, 15) is 4.79 Å². The van der Waals surface area contributed by atoms with E-state index in [2.05, 4.69) is 10.6 Å². The number of amides is 1. The van der Waals surface area contributed by atoms with Crippen molar-refractivity contribution in [3.8, 4) is 17.2 Å². The zero-order chi connectivity index (χ0) is 17.6. The number of benzene rings is 1. The summed E-state index contributed by atoms with van der Waals surface area (Å²) in [4.78, 5) is 12.7. The lowest BCUT2D eigenvalue weighted by molar-refractivity contribution is 0.0338. The first-order valence-corrected chi connectivity index (χ1v) is 8.73. The summed E-state index contributed by atoms with van der Waals surface area (Å²) >= 11 is 0. The lowest BCUT2D eigenvalue weighted by atomic mass is 9.95. The third-order valence-electron chi connectivity index (χ3n) is 4.71. The van der Waals surface area contributed by atoms with Crippen LogP contribution in [0.15, 0.2) is 12.1 Å². The zero-order valence-electron chi connectivity index (χ0n) is 14.8. The molecule has 2 N–H and O–H groups in total. The normalized spacial score (nSPS) is 22.8. The van der Waals surface area contributed by atoms with Crippen LogP contribution in [0, 0.1) is 5.92 Å². The highest BCUT2D eigenvalue weighted by atomic mass is 16.5. The van der Waals surface area contributed by atoms with Gasteiger partial charge in [0.1, 0.15) is 0 Å². The van der Waals surface area contributed by atoms with Crippen molar-refractivity contribution in [3.63, 3.8) is 0 Å². The van der Waals surface area contributed by atoms with Crippen molar-refractivity contribution in [3.05, 3.63) is 17.7 Å². The highest BCUT2D eigenvalue weighted by Gasteiger charge is 2.27. The fourth-order valence-electron chi connectivity index (χ4n) is 3.28. The van der Waals surface area contributed by atoms with Crippen molar-refractivity contribution in [1.29, 1.82) is 0 Å². The minimum atomic E-state index is -0.169. The minimum Gasteiger partial charge on any atom is -0.493 e. The van der Waals surface area contributed by atoms with Crippen LogP contribution < -0.4 is 24.8 Å². The van der Waals surface area contributed by atoms with Crippen LogP contribution in [-0.2, 0) is 4.74 Å². The third-order valence-corrected chi connectivity index (χ3v) is 4.71. The summed E-state index contributed by atoms with van der Waals surface area (Å²) in [6.07, 6.45) is 1.85. The molecule has 0 aromatic heterocycles. The van der Waals surface area contributed by atoms with Gasteiger partial charge in [0.15, 0.2) is 11.5 Å². The van der Waals surface area contributed by atoms with Gasteiger partial charge in [0.2, 0.25) is 5.75 Å². The van der Waals surface area contributed by atoms with Crippen LogP contribution in [0.2, 0.25) is 0 Å². The fraction of sp³-hybridized carbons (Fsp3) is 0.611. The Morgan fingerprint density at radius 1 is 1.28 bits per heavy atom. The summed E-state index contributed by atoms with van der Waals surface area (Å²) in [5, 5.41) is 6.33. The number of ether oxygens (including phenoxy) is 4. The van der Waals surface area contributed by atoms with Gasteiger partial charge in [0.05, 0.1) is 32.0 Å². The number of fused-ring (bicyclic) bond motifs is 1. The van der Waals surface area contributed by atoms with Crippen LogP contribution in [0.3, 0.4) is 0 Å². The van der Waals surface area contributed by atoms with Crippen molar-refractivity contribution in [2.24, 2.45) is 5.92 Å². The van der Waals surface area contributed by atoms with E-state index in [0.717, 1.165) is 25.9 Å². The van der Waals surface area contributed by atoms with Gasteiger partial charge >= 0.3 is 0 Å². The summed E-state index contributed by atoms with van der Waals surface area (Å²) in [6.45, 7) is 3.38. The van der Waals surface area contributed by atoms with Crippen LogP contribution in [-0.4, -0.2) is 59.1 Å². The topological polar surface area (TPSA) is 78.1 Å². The first-order valence-electron chi connectivity index (χ1n) is 8.73. The van der Waals surface area contributed by atoms with Crippen molar-refractivity contribution < 1.29 is 23.7 Å². The molecule has 1 fully saturated rings. The number of carbonyl (C=O) groups excluding carboxylic acids is 1. The molecular weight excluding hydrogens is 324 g/mol. The quantitative estimate of drug-likeness (QED) is 0.831. The predicted octanol–water partition coefficient (Wildman–Crippen LogP) is 1.21. The van der Waals surface area contributed by atoms with Gasteiger partial charge in [-0.3, -0.25) is 4.79 Å². The Kier molecular flexibility index (Phi) is 5.99. The van der Waals surface area contributed by atoms with Gasteiger partial charge in [-0.1, -0.05) is 0 Å². The SMILES string of the molecule is COc1ccc(C(=O)NC[C@@H]2CCNCC2OC)c2c1OCCCO2. The highest BCUT2D eigenvalue weighted by molar-refractivity contribution is 5.98. The van der Waals surface area contributed by atoms with Gasteiger partial charge in [0, 0.05) is 32.5 Å². The van der Waals surface area contributed by atoms with E-state index < -0.39 is 0 Å². The van der Waals surface area contributed by atoms with E-state index in [1.54, 1.807) is 26.4 Å². The molecule has 2 aliphatic heterocycles. The van der Waals surface area contributed by atoms with E-state index in [4.69, 9.17) is 18.9 Å². The second-order valence-electron chi connectivity index (χ2n) is 6.26. The van der Waals surface area contributed by atoms with Gasteiger partial charge in [-0.15, -0.1) is 0 Å². The Morgan fingerprint density at radius 2 is 2.08 bits per heavy atom. The second kappa shape index (κ2) is 8.40. The molecule has 7 heteroatoms. The Labute approximate surface area is 148 Å². The Hall–Kier alpha value is -1.99. The number of hydrogen-bond donors (Lipinski definition) is 2. The van der Waals surface area contributed by atoms with Crippen LogP contribution >= 0.6 is 0 Å². The van der Waals surface area contributed by atoms with E-state index in [1.807, 2.05) is 0 Å². The Morgan fingerprint density at radius 3 is 2.84 bits per heavy atom. The van der Waals surface area contributed by atoms with Crippen LogP contribution in [0.1, 0.15) is 23.2 Å². The number of rotatable bonds is 5. The van der Waals surface area contributed by atoms with E-state index in [1.165, 1.54) is 0 Å². The summed E-state index contributed by atoms with van der Waals surface area (Å²) in [5.41, 5.74) is 0.473. The molecule has 2 atom stereocenters. The predicted molar refractivity (Wildman–Crippen MR) is 92.7 cm³/mol. The molecule has 1 amide bonds. The van der Waals surface area contributed by atoms with Crippen LogP contribution in [0.5, 0.6) is 17.2 Å². The molecule has 1 aromatic rings. The summed E-state index contributed by atoms with van der Waals surface area (Å²) in [6, 6.07) is 3.46. The van der Waals surface area contributed by atoms with Crippen molar-refractivity contribution in [2.45, 2.75) is 18.9 Å². The van der Waals surface area contributed by atoms with Crippen LogP contribution in [0.25, 0.3) is 0 Å². The molecule has 2 heterocycles. The minimum absolute atomic E-state index is 0.113. The average molecular weight is 350 g/mol. The van der Waals surface area contributed by atoms with Crippen molar-refractivity contribution in [1.82, 2.24) is 10.6 Å². The molecule has 0 aliphatic carbocycles. The van der Waals surface area contributed by atoms with Gasteiger partial charge in [-0.25, -0.2) is 0 Å². The molecule has 7 nitrogen and oxygen atoms in total. The molecule has 0 radical (unpaired) electrons. The summed E-state index contributed by atoms with van der Waals surface area (Å²) in [7, 11) is 3.28. The average Bonchev–Trinajstić information content (AvgIpc) is 2.91. The lowest BCUT2D eigenvalue weighted by Crippen LogP contribution is -2.46. The molecule has 25 heavy (non-hydrogen) atoms. The number of methoxy groups -OCH3 is 2. The monoisotopic (exact) mass is 350 g/mol. The second-order valence-corrected chi connectivity index (χ2v) is 6.26. The Balaban J connectivity index is 1.73. The molecule has 3 rings (SSSR count). The summed E-state index contributed by atoms with van der Waals surface area (Å²) in [5.74, 6) is 1.67. The molecule has 2 aliphatic rings. The number of hydrogen-bond acceptors (Lipinski definition) is 6. The third kappa shape index (κ3) is 3.99. The molecule has 1 unspecified atom stereocenters. The van der Waals surface area contributed by atoms with Gasteiger partial charge < -0.3 is 29.6 Å². The van der Waals surface area contributed by atoms with Crippen molar-refractivity contribution >= 4 is 5.91 Å². The Bertz CT molecular complexity index is 607. The number of piperidine rings is 1. The molecular formula is C18H26N2O5. The van der Waals surface area contributed by atoms with E-state index in [0.29, 0.717) is 48.5 Å². The maximum atomic E-state index is 12.7. The first kappa shape index (κ1) is 17.8. The van der Waals surface area contributed by atoms with E-state index >= 15 is 0 Å². The van der Waals surface area contributed by atoms with Gasteiger partial charge in [-0.2, -0.15) is 0 Å². The molecule has 138 valence electrons. The lowest BCUT2D eigenvalue weighted by Gasteiger charge is -2.31. The first-order chi connectivity index (χ1) is 12.2. The highest BCUT2D eigenvalue weighted by Crippen LogP contribution is 2.41. The molecule has 0 bridgehead atoms. The van der Waals surface area contributed by atoms with Gasteiger partial charge in [0.25, 0.3) is 5.91 Å². The smallest absolute Gasteiger partial charge is 0.255 e. The molecule has 1 saturated heterocycles. The maximum Gasteiger partial charge on any atom is 0.255 e.